The smallest absolute Gasteiger partial charge is 0.242 e. The molecule has 1 saturated heterocycles. The molecule has 0 unspecified atom stereocenters. The standard InChI is InChI=1S/C10H12N2O/c1-8-4-2-3-5-9(8)12-10(13)6-7-11-12/h2-5,11H,6-7H2,1H3. The van der Waals surface area contributed by atoms with Gasteiger partial charge in [0, 0.05) is 13.0 Å². The predicted molar refractivity (Wildman–Crippen MR) is 51.3 cm³/mol. The number of carbonyl (C=O) groups excluding carboxylic acids is 1. The number of para-hydroxylation sites is 1. The summed E-state index contributed by atoms with van der Waals surface area (Å²) in [5.41, 5.74) is 5.13. The Balaban J connectivity index is 2.34. The van der Waals surface area contributed by atoms with Crippen LogP contribution < -0.4 is 10.4 Å². The van der Waals surface area contributed by atoms with Crippen LogP contribution in [0.3, 0.4) is 0 Å². The van der Waals surface area contributed by atoms with Gasteiger partial charge in [0.25, 0.3) is 0 Å². The van der Waals surface area contributed by atoms with E-state index in [-0.39, 0.29) is 5.91 Å². The molecule has 0 bridgehead atoms. The van der Waals surface area contributed by atoms with Crippen LogP contribution in [0, 0.1) is 6.92 Å². The van der Waals surface area contributed by atoms with Crippen LogP contribution in [0.5, 0.6) is 0 Å². The zero-order valence-corrected chi connectivity index (χ0v) is 7.58. The molecule has 3 heteroatoms. The first-order valence-electron chi connectivity index (χ1n) is 4.41. The molecule has 1 aliphatic rings. The molecule has 2 rings (SSSR count). The van der Waals surface area contributed by atoms with Crippen LogP contribution in [-0.2, 0) is 4.79 Å². The van der Waals surface area contributed by atoms with Gasteiger partial charge in [-0.25, -0.2) is 10.4 Å². The molecule has 0 spiro atoms. The fourth-order valence-corrected chi connectivity index (χ4v) is 1.51. The minimum atomic E-state index is 0.148. The average Bonchev–Trinajstić information content (AvgIpc) is 2.52. The summed E-state index contributed by atoms with van der Waals surface area (Å²) in [6.45, 7) is 2.75. The Bertz CT molecular complexity index is 335. The molecule has 1 heterocycles. The highest BCUT2D eigenvalue weighted by atomic mass is 16.2. The van der Waals surface area contributed by atoms with E-state index in [1.54, 1.807) is 5.01 Å². The van der Waals surface area contributed by atoms with Gasteiger partial charge in [-0.2, -0.15) is 0 Å². The van der Waals surface area contributed by atoms with Gasteiger partial charge in [-0.15, -0.1) is 0 Å². The number of aryl methyl sites for hydroxylation is 1. The van der Waals surface area contributed by atoms with Crippen molar-refractivity contribution in [1.29, 1.82) is 0 Å². The van der Waals surface area contributed by atoms with Crippen LogP contribution in [0.15, 0.2) is 24.3 Å². The summed E-state index contributed by atoms with van der Waals surface area (Å²) in [5, 5.41) is 1.63. The summed E-state index contributed by atoms with van der Waals surface area (Å²) in [7, 11) is 0. The van der Waals surface area contributed by atoms with Crippen molar-refractivity contribution in [1.82, 2.24) is 5.43 Å². The molecule has 68 valence electrons. The van der Waals surface area contributed by atoms with Gasteiger partial charge < -0.3 is 0 Å². The highest BCUT2D eigenvalue weighted by Crippen LogP contribution is 2.20. The van der Waals surface area contributed by atoms with E-state index in [1.165, 1.54) is 0 Å². The SMILES string of the molecule is Cc1ccccc1N1NCCC1=O. The normalized spacial score (nSPS) is 16.7. The number of benzene rings is 1. The van der Waals surface area contributed by atoms with Crippen molar-refractivity contribution >= 4 is 11.6 Å². The lowest BCUT2D eigenvalue weighted by Crippen LogP contribution is -2.34. The number of hydrogen-bond donors (Lipinski definition) is 1. The molecule has 1 N–H and O–H groups in total. The summed E-state index contributed by atoms with van der Waals surface area (Å²) in [4.78, 5) is 11.4. The lowest BCUT2D eigenvalue weighted by Gasteiger charge is -2.17. The van der Waals surface area contributed by atoms with Crippen molar-refractivity contribution in [3.05, 3.63) is 29.8 Å². The maximum Gasteiger partial charge on any atom is 0.242 e. The van der Waals surface area contributed by atoms with E-state index in [9.17, 15) is 4.79 Å². The molecule has 0 aromatic heterocycles. The van der Waals surface area contributed by atoms with Crippen molar-refractivity contribution in [2.24, 2.45) is 0 Å². The van der Waals surface area contributed by atoms with Gasteiger partial charge in [-0.3, -0.25) is 4.79 Å². The minimum Gasteiger partial charge on any atom is -0.273 e. The number of nitrogens with zero attached hydrogens (tertiary/aromatic N) is 1. The lowest BCUT2D eigenvalue weighted by molar-refractivity contribution is -0.117. The molecule has 1 aromatic carbocycles. The second kappa shape index (κ2) is 3.18. The maximum atomic E-state index is 11.4. The highest BCUT2D eigenvalue weighted by Gasteiger charge is 2.21. The Morgan fingerprint density at radius 2 is 2.15 bits per heavy atom. The van der Waals surface area contributed by atoms with E-state index in [2.05, 4.69) is 5.43 Å². The molecule has 1 aliphatic heterocycles. The summed E-state index contributed by atoms with van der Waals surface area (Å²) in [6.07, 6.45) is 0.592. The molecule has 3 nitrogen and oxygen atoms in total. The number of nitrogens with one attached hydrogen (secondary N) is 1. The summed E-state index contributed by atoms with van der Waals surface area (Å²) < 4.78 is 0. The Hall–Kier alpha value is -1.35. The monoisotopic (exact) mass is 176 g/mol. The number of hydrogen-bond acceptors (Lipinski definition) is 2. The van der Waals surface area contributed by atoms with Crippen LogP contribution >= 0.6 is 0 Å². The van der Waals surface area contributed by atoms with E-state index in [4.69, 9.17) is 0 Å². The molecule has 1 amide bonds. The molecular weight excluding hydrogens is 164 g/mol. The quantitative estimate of drug-likeness (QED) is 0.698. The number of carbonyl (C=O) groups is 1. The third kappa shape index (κ3) is 1.42. The number of anilines is 1. The Morgan fingerprint density at radius 3 is 2.77 bits per heavy atom. The molecule has 0 aliphatic carbocycles. The Morgan fingerprint density at radius 1 is 1.38 bits per heavy atom. The van der Waals surface area contributed by atoms with Gasteiger partial charge in [0.1, 0.15) is 0 Å². The van der Waals surface area contributed by atoms with Crippen LogP contribution in [0.2, 0.25) is 0 Å². The van der Waals surface area contributed by atoms with E-state index in [0.29, 0.717) is 6.42 Å². The topological polar surface area (TPSA) is 32.3 Å². The number of hydrazine groups is 1. The van der Waals surface area contributed by atoms with Gasteiger partial charge in [-0.1, -0.05) is 18.2 Å². The van der Waals surface area contributed by atoms with E-state index >= 15 is 0 Å². The van der Waals surface area contributed by atoms with E-state index < -0.39 is 0 Å². The number of amides is 1. The fraction of sp³-hybridized carbons (Fsp3) is 0.300. The zero-order valence-electron chi connectivity index (χ0n) is 7.58. The first-order valence-corrected chi connectivity index (χ1v) is 4.41. The molecule has 13 heavy (non-hydrogen) atoms. The van der Waals surface area contributed by atoms with Gasteiger partial charge in [0.15, 0.2) is 0 Å². The van der Waals surface area contributed by atoms with Crippen molar-refractivity contribution < 1.29 is 4.79 Å². The maximum absolute atomic E-state index is 11.4. The van der Waals surface area contributed by atoms with Gasteiger partial charge in [-0.05, 0) is 18.6 Å². The number of rotatable bonds is 1. The molecule has 1 aromatic rings. The Kier molecular flexibility index (Phi) is 2.02. The van der Waals surface area contributed by atoms with Crippen molar-refractivity contribution in [2.75, 3.05) is 11.6 Å². The summed E-state index contributed by atoms with van der Waals surface area (Å²) >= 11 is 0. The molecule has 0 radical (unpaired) electrons. The van der Waals surface area contributed by atoms with Crippen LogP contribution in [0.25, 0.3) is 0 Å². The highest BCUT2D eigenvalue weighted by molar-refractivity contribution is 5.95. The van der Waals surface area contributed by atoms with E-state index in [0.717, 1.165) is 17.8 Å². The third-order valence-electron chi connectivity index (χ3n) is 2.21. The largest absolute Gasteiger partial charge is 0.273 e. The van der Waals surface area contributed by atoms with Crippen molar-refractivity contribution in [2.45, 2.75) is 13.3 Å². The second-order valence-corrected chi connectivity index (χ2v) is 3.17. The van der Waals surface area contributed by atoms with Gasteiger partial charge in [0.2, 0.25) is 5.91 Å². The average molecular weight is 176 g/mol. The molecule has 1 fully saturated rings. The Labute approximate surface area is 77.3 Å². The summed E-state index contributed by atoms with van der Waals surface area (Å²) in [6, 6.07) is 7.86. The third-order valence-corrected chi connectivity index (χ3v) is 2.21. The minimum absolute atomic E-state index is 0.148. The summed E-state index contributed by atoms with van der Waals surface area (Å²) in [5.74, 6) is 0.148. The zero-order chi connectivity index (χ0) is 9.26. The first kappa shape index (κ1) is 8.26. The lowest BCUT2D eigenvalue weighted by atomic mass is 10.2. The fourth-order valence-electron chi connectivity index (χ4n) is 1.51. The first-order chi connectivity index (χ1) is 6.29. The predicted octanol–water partition coefficient (Wildman–Crippen LogP) is 1.24. The van der Waals surface area contributed by atoms with Crippen molar-refractivity contribution in [3.8, 4) is 0 Å². The van der Waals surface area contributed by atoms with Crippen LogP contribution in [-0.4, -0.2) is 12.5 Å². The molecule has 0 atom stereocenters. The van der Waals surface area contributed by atoms with Crippen LogP contribution in [0.1, 0.15) is 12.0 Å². The second-order valence-electron chi connectivity index (χ2n) is 3.17. The van der Waals surface area contributed by atoms with E-state index in [1.807, 2.05) is 31.2 Å². The van der Waals surface area contributed by atoms with Crippen molar-refractivity contribution in [3.63, 3.8) is 0 Å². The van der Waals surface area contributed by atoms with Crippen LogP contribution in [0.4, 0.5) is 5.69 Å². The van der Waals surface area contributed by atoms with Gasteiger partial charge in [0.05, 0.1) is 5.69 Å². The van der Waals surface area contributed by atoms with Gasteiger partial charge >= 0.3 is 0 Å². The molecular formula is C10H12N2O. The molecule has 0 saturated carbocycles.